The van der Waals surface area contributed by atoms with Gasteiger partial charge in [0, 0.05) is 17.3 Å². The van der Waals surface area contributed by atoms with E-state index in [4.69, 9.17) is 34.8 Å². The summed E-state index contributed by atoms with van der Waals surface area (Å²) in [6.07, 6.45) is 1.42. The van der Waals surface area contributed by atoms with Crippen LogP contribution in [0.25, 0.3) is 0 Å². The fourth-order valence-electron chi connectivity index (χ4n) is 2.22. The number of carbonyl (C=O) groups is 2. The molecule has 0 aliphatic heterocycles. The summed E-state index contributed by atoms with van der Waals surface area (Å²) in [5, 5.41) is 11.7. The number of carbonyl (C=O) groups excluding carboxylic acids is 2. The third-order valence-corrected chi connectivity index (χ3v) is 4.45. The van der Waals surface area contributed by atoms with Crippen molar-refractivity contribution in [1.82, 2.24) is 15.4 Å². The first-order valence-corrected chi connectivity index (χ1v) is 8.96. The van der Waals surface area contributed by atoms with Gasteiger partial charge >= 0.3 is 0 Å². The number of halogens is 3. The van der Waals surface area contributed by atoms with Crippen molar-refractivity contribution in [2.45, 2.75) is 26.3 Å². The third-order valence-electron chi connectivity index (χ3n) is 3.54. The topological polar surface area (TPSA) is 105 Å². The molecule has 0 radical (unpaired) electrons. The number of nitrogens with one attached hydrogen (secondary N) is 1. The van der Waals surface area contributed by atoms with Gasteiger partial charge in [-0.05, 0) is 39.0 Å². The van der Waals surface area contributed by atoms with Crippen LogP contribution in [0.3, 0.4) is 0 Å². The van der Waals surface area contributed by atoms with Crippen molar-refractivity contribution in [2.24, 2.45) is 0 Å². The number of rotatable bonds is 3. The molecule has 1 heterocycles. The summed E-state index contributed by atoms with van der Waals surface area (Å²) >= 11 is 17.8. The van der Waals surface area contributed by atoms with Gasteiger partial charge in [-0.1, -0.05) is 34.8 Å². The van der Waals surface area contributed by atoms with Crippen molar-refractivity contribution in [3.8, 4) is 0 Å². The molecule has 0 bridgehead atoms. The Hall–Kier alpha value is -2.42. The molecule has 0 unspecified atom stereocenters. The molecule has 2 rings (SSSR count). The number of pyridine rings is 1. The summed E-state index contributed by atoms with van der Waals surface area (Å²) < 4.78 is 0. The van der Waals surface area contributed by atoms with Crippen LogP contribution in [-0.4, -0.2) is 32.3 Å². The molecule has 1 N–H and O–H groups in total. The van der Waals surface area contributed by atoms with E-state index >= 15 is 0 Å². The quantitative estimate of drug-likeness (QED) is 0.424. The molecule has 0 aliphatic rings. The number of nitro benzene ring substituents is 1. The van der Waals surface area contributed by atoms with Gasteiger partial charge in [0.05, 0.1) is 21.6 Å². The Balaban J connectivity index is 2.44. The average molecular weight is 446 g/mol. The molecular formula is C17H15Cl3N4O4. The predicted molar refractivity (Wildman–Crippen MR) is 106 cm³/mol. The Morgan fingerprint density at radius 1 is 1.18 bits per heavy atom. The van der Waals surface area contributed by atoms with Gasteiger partial charge in [0.25, 0.3) is 17.5 Å². The van der Waals surface area contributed by atoms with Crippen molar-refractivity contribution in [3.05, 3.63) is 66.9 Å². The maximum Gasteiger partial charge on any atom is 0.290 e. The number of amides is 2. The number of hydrogen-bond acceptors (Lipinski definition) is 5. The van der Waals surface area contributed by atoms with E-state index < -0.39 is 33.0 Å². The molecular weight excluding hydrogens is 431 g/mol. The maximum absolute atomic E-state index is 12.9. The lowest BCUT2D eigenvalue weighted by molar-refractivity contribution is -0.384. The zero-order valence-corrected chi connectivity index (χ0v) is 17.3. The number of aromatic nitrogens is 1. The molecule has 0 fully saturated rings. The Morgan fingerprint density at radius 2 is 1.82 bits per heavy atom. The van der Waals surface area contributed by atoms with Gasteiger partial charge in [0.1, 0.15) is 10.2 Å². The van der Waals surface area contributed by atoms with E-state index in [9.17, 15) is 19.7 Å². The highest BCUT2D eigenvalue weighted by Gasteiger charge is 2.32. The Morgan fingerprint density at radius 3 is 2.36 bits per heavy atom. The minimum Gasteiger partial charge on any atom is -0.267 e. The standard InChI is InChI=1S/C17H15Cl3N4O4/c1-17(2,3)23(16(26)10-5-4-6-21-14(10)20)22-15(25)11-7-9(18)8-12(13(11)19)24(27)28/h4-8H,1-3H3,(H,22,25). The molecule has 2 aromatic rings. The first kappa shape index (κ1) is 21.9. The van der Waals surface area contributed by atoms with Gasteiger partial charge in [-0.3, -0.25) is 25.1 Å². The van der Waals surface area contributed by atoms with Crippen molar-refractivity contribution in [2.75, 3.05) is 0 Å². The van der Waals surface area contributed by atoms with Gasteiger partial charge in [0.15, 0.2) is 0 Å². The van der Waals surface area contributed by atoms with Crippen LogP contribution in [0, 0.1) is 10.1 Å². The number of nitro groups is 1. The van der Waals surface area contributed by atoms with Gasteiger partial charge < -0.3 is 0 Å². The molecule has 1 aromatic carbocycles. The molecule has 2 amide bonds. The molecule has 0 saturated heterocycles. The zero-order chi connectivity index (χ0) is 21.2. The SMILES string of the molecule is CC(C)(C)N(NC(=O)c1cc(Cl)cc([N+](=O)[O-])c1Cl)C(=O)c1cccnc1Cl. The van der Waals surface area contributed by atoms with Crippen LogP contribution in [0.1, 0.15) is 41.5 Å². The van der Waals surface area contributed by atoms with E-state index in [0.717, 1.165) is 11.1 Å². The van der Waals surface area contributed by atoms with Crippen LogP contribution in [0.2, 0.25) is 15.2 Å². The van der Waals surface area contributed by atoms with Crippen LogP contribution in [-0.2, 0) is 0 Å². The lowest BCUT2D eigenvalue weighted by Gasteiger charge is -2.35. The third kappa shape index (κ3) is 4.70. The largest absolute Gasteiger partial charge is 0.290 e. The maximum atomic E-state index is 12.9. The first-order chi connectivity index (χ1) is 12.9. The fraction of sp³-hybridized carbons (Fsp3) is 0.235. The average Bonchev–Trinajstić information content (AvgIpc) is 2.59. The highest BCUT2D eigenvalue weighted by molar-refractivity contribution is 6.37. The van der Waals surface area contributed by atoms with Crippen LogP contribution >= 0.6 is 34.8 Å². The van der Waals surface area contributed by atoms with Crippen molar-refractivity contribution >= 4 is 52.3 Å². The van der Waals surface area contributed by atoms with E-state index in [0.29, 0.717) is 0 Å². The van der Waals surface area contributed by atoms with Crippen LogP contribution in [0.5, 0.6) is 0 Å². The normalized spacial score (nSPS) is 11.1. The second kappa shape index (κ2) is 8.30. The van der Waals surface area contributed by atoms with Crippen molar-refractivity contribution in [1.29, 1.82) is 0 Å². The minimum absolute atomic E-state index is 0.0348. The number of nitrogens with zero attached hydrogens (tertiary/aromatic N) is 3. The summed E-state index contributed by atoms with van der Waals surface area (Å²) in [7, 11) is 0. The Kier molecular flexibility index (Phi) is 6.48. The van der Waals surface area contributed by atoms with Crippen LogP contribution in [0.15, 0.2) is 30.5 Å². The number of hydrogen-bond donors (Lipinski definition) is 1. The van der Waals surface area contributed by atoms with Gasteiger partial charge in [-0.25, -0.2) is 9.99 Å². The Bertz CT molecular complexity index is 960. The molecule has 8 nitrogen and oxygen atoms in total. The van der Waals surface area contributed by atoms with Crippen molar-refractivity contribution in [3.63, 3.8) is 0 Å². The summed E-state index contributed by atoms with van der Waals surface area (Å²) in [4.78, 5) is 39.9. The fourth-order valence-corrected chi connectivity index (χ4v) is 2.90. The van der Waals surface area contributed by atoms with Crippen molar-refractivity contribution < 1.29 is 14.5 Å². The molecule has 0 aliphatic carbocycles. The molecule has 148 valence electrons. The molecule has 11 heteroatoms. The second-order valence-corrected chi connectivity index (χ2v) is 7.81. The van der Waals surface area contributed by atoms with E-state index in [1.54, 1.807) is 20.8 Å². The van der Waals surface area contributed by atoms with Crippen LogP contribution in [0.4, 0.5) is 5.69 Å². The van der Waals surface area contributed by atoms with E-state index in [1.807, 2.05) is 0 Å². The summed E-state index contributed by atoms with van der Waals surface area (Å²) in [5.74, 6) is -1.47. The minimum atomic E-state index is -0.872. The molecule has 0 saturated carbocycles. The lowest BCUT2D eigenvalue weighted by atomic mass is 10.1. The summed E-state index contributed by atoms with van der Waals surface area (Å²) in [6.45, 7) is 5.03. The predicted octanol–water partition coefficient (Wildman–Crippen LogP) is 4.54. The lowest BCUT2D eigenvalue weighted by Crippen LogP contribution is -2.56. The molecule has 0 atom stereocenters. The second-order valence-electron chi connectivity index (χ2n) is 6.64. The van der Waals surface area contributed by atoms with E-state index in [2.05, 4.69) is 10.4 Å². The zero-order valence-electron chi connectivity index (χ0n) is 15.0. The molecule has 1 aromatic heterocycles. The van der Waals surface area contributed by atoms with Gasteiger partial charge in [-0.15, -0.1) is 0 Å². The summed E-state index contributed by atoms with van der Waals surface area (Å²) in [6, 6.07) is 5.19. The highest BCUT2D eigenvalue weighted by atomic mass is 35.5. The Labute approximate surface area is 175 Å². The van der Waals surface area contributed by atoms with Gasteiger partial charge in [-0.2, -0.15) is 0 Å². The number of hydrazine groups is 1. The smallest absolute Gasteiger partial charge is 0.267 e. The molecule has 0 spiro atoms. The van der Waals surface area contributed by atoms with Crippen LogP contribution < -0.4 is 5.43 Å². The number of benzene rings is 1. The van der Waals surface area contributed by atoms with E-state index in [-0.39, 0.29) is 21.3 Å². The molecule has 28 heavy (non-hydrogen) atoms. The first-order valence-electron chi connectivity index (χ1n) is 7.83. The van der Waals surface area contributed by atoms with E-state index in [1.165, 1.54) is 24.4 Å². The monoisotopic (exact) mass is 444 g/mol. The van der Waals surface area contributed by atoms with Gasteiger partial charge in [0.2, 0.25) is 0 Å². The highest BCUT2D eigenvalue weighted by Crippen LogP contribution is 2.32. The summed E-state index contributed by atoms with van der Waals surface area (Å²) in [5.41, 5.74) is 0.851.